The second kappa shape index (κ2) is 7.47. The van der Waals surface area contributed by atoms with Crippen molar-refractivity contribution < 1.29 is 4.74 Å². The van der Waals surface area contributed by atoms with Crippen LogP contribution in [-0.4, -0.2) is 14.7 Å². The fourth-order valence-corrected chi connectivity index (χ4v) is 6.67. The van der Waals surface area contributed by atoms with E-state index in [1.807, 2.05) is 6.08 Å². The first-order valence-electron chi connectivity index (χ1n) is 10.1. The van der Waals surface area contributed by atoms with E-state index >= 15 is 0 Å². The summed E-state index contributed by atoms with van der Waals surface area (Å²) in [6.07, 6.45) is 9.10. The summed E-state index contributed by atoms with van der Waals surface area (Å²) in [6.45, 7) is 25.3. The highest BCUT2D eigenvalue weighted by atomic mass is 28.3. The molecule has 2 heteroatoms. The average molecular weight is 383 g/mol. The maximum atomic E-state index is 6.31. The summed E-state index contributed by atoms with van der Waals surface area (Å²) in [5.74, 6) is 1.09. The Labute approximate surface area is 168 Å². The third-order valence-corrected chi connectivity index (χ3v) is 9.41. The lowest BCUT2D eigenvalue weighted by molar-refractivity contribution is 0.353. The summed E-state index contributed by atoms with van der Waals surface area (Å²) < 4.78 is 6.31. The fourth-order valence-electron chi connectivity index (χ4n) is 3.75. The van der Waals surface area contributed by atoms with Crippen molar-refractivity contribution in [2.24, 2.45) is 5.41 Å². The lowest BCUT2D eigenvalue weighted by atomic mass is 9.85. The zero-order valence-electron chi connectivity index (χ0n) is 18.9. The molecule has 0 N–H and O–H groups in total. The molecule has 1 aromatic rings. The van der Waals surface area contributed by atoms with Gasteiger partial charge in [-0.15, -0.1) is 0 Å². The van der Waals surface area contributed by atoms with Crippen molar-refractivity contribution >= 4 is 13.3 Å². The van der Waals surface area contributed by atoms with Gasteiger partial charge in [-0.3, -0.25) is 0 Å². The fraction of sp³-hybridized carbons (Fsp3) is 0.520. The lowest BCUT2D eigenvalue weighted by Gasteiger charge is -2.34. The molecule has 0 amide bonds. The van der Waals surface area contributed by atoms with Crippen molar-refractivity contribution in [2.75, 3.05) is 6.61 Å². The quantitative estimate of drug-likeness (QED) is 0.407. The van der Waals surface area contributed by atoms with E-state index in [-0.39, 0.29) is 10.8 Å². The molecule has 0 aliphatic heterocycles. The molecule has 0 saturated heterocycles. The Morgan fingerprint density at radius 2 is 1.70 bits per heavy atom. The van der Waals surface area contributed by atoms with Gasteiger partial charge in [0.2, 0.25) is 0 Å². The molecule has 0 bridgehead atoms. The molecule has 27 heavy (non-hydrogen) atoms. The van der Waals surface area contributed by atoms with E-state index in [1.165, 1.54) is 21.9 Å². The monoisotopic (exact) mass is 382 g/mol. The predicted molar refractivity (Wildman–Crippen MR) is 123 cm³/mol. The molecule has 0 aromatic heterocycles. The molecule has 1 aliphatic carbocycles. The van der Waals surface area contributed by atoms with Gasteiger partial charge in [0.1, 0.15) is 12.4 Å². The van der Waals surface area contributed by atoms with Crippen molar-refractivity contribution in [2.45, 2.75) is 72.5 Å². The lowest BCUT2D eigenvalue weighted by Crippen LogP contribution is -2.46. The van der Waals surface area contributed by atoms with Crippen LogP contribution in [0, 0.1) is 12.3 Å². The van der Waals surface area contributed by atoms with Crippen molar-refractivity contribution in [3.63, 3.8) is 0 Å². The first-order chi connectivity index (χ1) is 12.3. The van der Waals surface area contributed by atoms with Gasteiger partial charge in [0.05, 0.1) is 8.07 Å². The van der Waals surface area contributed by atoms with Gasteiger partial charge < -0.3 is 4.74 Å². The van der Waals surface area contributed by atoms with E-state index in [2.05, 4.69) is 98.5 Å². The Bertz CT molecular complexity index is 767. The van der Waals surface area contributed by atoms with Crippen LogP contribution >= 0.6 is 0 Å². The second-order valence-electron chi connectivity index (χ2n) is 10.5. The summed E-state index contributed by atoms with van der Waals surface area (Å²) in [7, 11) is -1.83. The number of benzene rings is 1. The largest absolute Gasteiger partial charge is 0.489 e. The van der Waals surface area contributed by atoms with Crippen molar-refractivity contribution in [3.05, 3.63) is 59.7 Å². The van der Waals surface area contributed by atoms with Crippen LogP contribution in [0.4, 0.5) is 0 Å². The first kappa shape index (κ1) is 21.8. The molecule has 1 aromatic carbocycles. The minimum absolute atomic E-state index is 0.0413. The molecule has 148 valence electrons. The number of hydrogen-bond acceptors (Lipinski definition) is 1. The van der Waals surface area contributed by atoms with Gasteiger partial charge in [-0.25, -0.2) is 0 Å². The van der Waals surface area contributed by atoms with Crippen LogP contribution in [0.5, 0.6) is 5.75 Å². The van der Waals surface area contributed by atoms with E-state index in [0.717, 1.165) is 5.75 Å². The molecule has 1 nitrogen and oxygen atoms in total. The Hall–Kier alpha value is -1.54. The van der Waals surface area contributed by atoms with Crippen LogP contribution in [0.25, 0.3) is 0 Å². The van der Waals surface area contributed by atoms with E-state index in [4.69, 9.17) is 4.74 Å². The van der Waals surface area contributed by atoms with Crippen LogP contribution in [0.2, 0.25) is 18.6 Å². The van der Waals surface area contributed by atoms with Gasteiger partial charge >= 0.3 is 0 Å². The van der Waals surface area contributed by atoms with Crippen molar-refractivity contribution in [1.29, 1.82) is 0 Å². The molecule has 1 atom stereocenters. The average Bonchev–Trinajstić information content (AvgIpc) is 3.03. The number of aryl methyl sites for hydroxylation is 1. The van der Waals surface area contributed by atoms with Gasteiger partial charge in [0.25, 0.3) is 0 Å². The SMILES string of the molecule is C=CCOc1c(C(C)(C)C)cc(C)cc1[Si](C)(C)C1C=CC(C(C)(C)C)=C1. The maximum absolute atomic E-state index is 6.31. The number of allylic oxidation sites excluding steroid dienone is 4. The van der Waals surface area contributed by atoms with Crippen LogP contribution in [0.1, 0.15) is 52.7 Å². The third-order valence-electron chi connectivity index (χ3n) is 5.62. The number of ether oxygens (including phenoxy) is 1. The Morgan fingerprint density at radius 3 is 2.19 bits per heavy atom. The Kier molecular flexibility index (Phi) is 6.01. The van der Waals surface area contributed by atoms with E-state index in [9.17, 15) is 0 Å². The third kappa shape index (κ3) is 4.66. The molecule has 1 unspecified atom stereocenters. The summed E-state index contributed by atoms with van der Waals surface area (Å²) in [5.41, 5.74) is 4.81. The predicted octanol–water partition coefficient (Wildman–Crippen LogP) is 6.69. The van der Waals surface area contributed by atoms with Gasteiger partial charge in [-0.1, -0.05) is 103 Å². The summed E-state index contributed by atoms with van der Waals surface area (Å²) in [4.78, 5) is 0. The van der Waals surface area contributed by atoms with Crippen LogP contribution in [0.15, 0.2) is 48.6 Å². The van der Waals surface area contributed by atoms with Gasteiger partial charge in [0.15, 0.2) is 0 Å². The molecule has 0 spiro atoms. The smallest absolute Gasteiger partial charge is 0.122 e. The molecule has 1 aliphatic rings. The highest BCUT2D eigenvalue weighted by Crippen LogP contribution is 2.41. The van der Waals surface area contributed by atoms with E-state index in [0.29, 0.717) is 12.1 Å². The molecular formula is C25H38OSi. The highest BCUT2D eigenvalue weighted by Gasteiger charge is 2.38. The molecule has 0 heterocycles. The van der Waals surface area contributed by atoms with Crippen LogP contribution in [-0.2, 0) is 5.41 Å². The molecular weight excluding hydrogens is 344 g/mol. The zero-order valence-corrected chi connectivity index (χ0v) is 19.9. The van der Waals surface area contributed by atoms with Crippen molar-refractivity contribution in [1.82, 2.24) is 0 Å². The normalized spacial score (nSPS) is 17.8. The topological polar surface area (TPSA) is 9.23 Å². The molecule has 2 rings (SSSR count). The highest BCUT2D eigenvalue weighted by molar-refractivity contribution is 6.92. The molecule has 0 fully saturated rings. The van der Waals surface area contributed by atoms with Gasteiger partial charge in [-0.2, -0.15) is 0 Å². The number of rotatable bonds is 5. The first-order valence-corrected chi connectivity index (χ1v) is 13.2. The molecule has 0 saturated carbocycles. The Balaban J connectivity index is 2.62. The van der Waals surface area contributed by atoms with Gasteiger partial charge in [0, 0.05) is 0 Å². The summed E-state index contributed by atoms with van der Waals surface area (Å²) in [6, 6.07) is 4.67. The number of hydrogen-bond donors (Lipinski definition) is 0. The van der Waals surface area contributed by atoms with E-state index < -0.39 is 8.07 Å². The summed E-state index contributed by atoms with van der Waals surface area (Å²) in [5, 5.41) is 1.43. The van der Waals surface area contributed by atoms with Crippen molar-refractivity contribution in [3.8, 4) is 5.75 Å². The zero-order chi connectivity index (χ0) is 20.6. The van der Waals surface area contributed by atoms with Gasteiger partial charge in [-0.05, 0) is 39.6 Å². The standard InChI is InChI=1S/C25H38OSi/c1-11-14-26-23-21(25(6,7)8)15-18(2)16-22(23)27(9,10)20-13-12-19(17-20)24(3,4)5/h11-13,15-17,20H,1,14H2,2-10H3. The summed E-state index contributed by atoms with van der Waals surface area (Å²) >= 11 is 0. The maximum Gasteiger partial charge on any atom is 0.122 e. The molecule has 0 radical (unpaired) electrons. The van der Waals surface area contributed by atoms with E-state index in [1.54, 1.807) is 0 Å². The van der Waals surface area contributed by atoms with Crippen LogP contribution in [0.3, 0.4) is 0 Å². The minimum Gasteiger partial charge on any atom is -0.489 e. The minimum atomic E-state index is -1.83. The Morgan fingerprint density at radius 1 is 1.07 bits per heavy atom. The van der Waals surface area contributed by atoms with Crippen LogP contribution < -0.4 is 9.92 Å². The second-order valence-corrected chi connectivity index (χ2v) is 15.2.